The molecule has 2 unspecified atom stereocenters. The minimum absolute atomic E-state index is 0.187. The number of fused-ring (bicyclic) bond motifs is 1. The molecule has 0 spiro atoms. The van der Waals surface area contributed by atoms with Crippen molar-refractivity contribution in [1.82, 2.24) is 15.1 Å². The van der Waals surface area contributed by atoms with Gasteiger partial charge in [0.2, 0.25) is 18.7 Å². The summed E-state index contributed by atoms with van der Waals surface area (Å²) in [6.45, 7) is 5.93. The Bertz CT molecular complexity index is 1150. The van der Waals surface area contributed by atoms with E-state index in [0.29, 0.717) is 29.6 Å². The fourth-order valence-electron chi connectivity index (χ4n) is 4.57. The smallest absolute Gasteiger partial charge is 0.321 e. The highest BCUT2D eigenvalue weighted by Gasteiger charge is 2.42. The van der Waals surface area contributed by atoms with Gasteiger partial charge in [0.05, 0.1) is 6.61 Å². The van der Waals surface area contributed by atoms with Crippen molar-refractivity contribution in [2.24, 2.45) is 10.9 Å². The summed E-state index contributed by atoms with van der Waals surface area (Å²) in [5.74, 6) is -0.0381. The number of hydrogen-bond donors (Lipinski definition) is 1. The van der Waals surface area contributed by atoms with E-state index in [4.69, 9.17) is 30.8 Å². The van der Waals surface area contributed by atoms with E-state index in [1.165, 1.54) is 0 Å². The van der Waals surface area contributed by atoms with Gasteiger partial charge in [0.1, 0.15) is 6.04 Å². The van der Waals surface area contributed by atoms with Crippen LogP contribution in [0.15, 0.2) is 47.5 Å². The fraction of sp³-hybridized carbons (Fsp3) is 0.400. The Labute approximate surface area is 208 Å². The second-order valence-electron chi connectivity index (χ2n) is 8.62. The van der Waals surface area contributed by atoms with E-state index in [-0.39, 0.29) is 13.4 Å². The lowest BCUT2D eigenvalue weighted by atomic mass is 9.91. The quantitative estimate of drug-likeness (QED) is 0.500. The highest BCUT2D eigenvalue weighted by atomic mass is 35.5. The number of rotatable bonds is 5. The Morgan fingerprint density at radius 3 is 2.71 bits per heavy atom. The molecule has 0 aliphatic carbocycles. The number of esters is 1. The predicted molar refractivity (Wildman–Crippen MR) is 129 cm³/mol. The van der Waals surface area contributed by atoms with Gasteiger partial charge >= 0.3 is 5.97 Å². The van der Waals surface area contributed by atoms with Crippen molar-refractivity contribution in [1.29, 1.82) is 0 Å². The molecule has 1 saturated heterocycles. The number of ether oxygens (including phenoxy) is 3. The highest BCUT2D eigenvalue weighted by molar-refractivity contribution is 6.30. The molecule has 35 heavy (non-hydrogen) atoms. The predicted octanol–water partition coefficient (Wildman–Crippen LogP) is 2.59. The molecular weight excluding hydrogens is 472 g/mol. The molecule has 1 N–H and O–H groups in total. The average molecular weight is 499 g/mol. The maximum atomic E-state index is 13.0. The number of piperazine rings is 1. The van der Waals surface area contributed by atoms with E-state index in [2.05, 4.69) is 16.3 Å². The Morgan fingerprint density at radius 1 is 1.14 bits per heavy atom. The lowest BCUT2D eigenvalue weighted by molar-refractivity contribution is -0.153. The summed E-state index contributed by atoms with van der Waals surface area (Å²) >= 11 is 6.19. The molecule has 0 radical (unpaired) electrons. The van der Waals surface area contributed by atoms with Gasteiger partial charge in [-0.05, 0) is 42.3 Å². The van der Waals surface area contributed by atoms with Gasteiger partial charge < -0.3 is 19.1 Å². The molecule has 2 aromatic rings. The molecular formula is C25H27ClN4O5. The van der Waals surface area contributed by atoms with Gasteiger partial charge in [0.15, 0.2) is 17.4 Å². The summed E-state index contributed by atoms with van der Waals surface area (Å²) in [6.07, 6.45) is 0. The van der Waals surface area contributed by atoms with E-state index >= 15 is 0 Å². The topological polar surface area (TPSA) is 92.7 Å². The van der Waals surface area contributed by atoms with Gasteiger partial charge in [-0.25, -0.2) is 4.99 Å². The van der Waals surface area contributed by atoms with E-state index in [1.807, 2.05) is 23.1 Å². The van der Waals surface area contributed by atoms with Gasteiger partial charge in [-0.1, -0.05) is 29.8 Å². The number of carbonyl (C=O) groups excluding carboxylic acids is 2. The first-order chi connectivity index (χ1) is 17.0. The first-order valence-corrected chi connectivity index (χ1v) is 12.1. The van der Waals surface area contributed by atoms with E-state index in [9.17, 15) is 9.59 Å². The molecule has 3 aliphatic rings. The molecule has 0 bridgehead atoms. The van der Waals surface area contributed by atoms with Crippen molar-refractivity contribution in [2.45, 2.75) is 19.5 Å². The van der Waals surface area contributed by atoms with Crippen molar-refractivity contribution in [2.75, 3.05) is 39.6 Å². The Hall–Kier alpha value is -3.30. The molecule has 3 aliphatic heterocycles. The number of halogens is 1. The zero-order chi connectivity index (χ0) is 24.4. The Balaban J connectivity index is 1.29. The maximum absolute atomic E-state index is 13.0. The van der Waals surface area contributed by atoms with Crippen LogP contribution in [0, 0.1) is 5.92 Å². The van der Waals surface area contributed by atoms with E-state index in [0.717, 1.165) is 36.7 Å². The van der Waals surface area contributed by atoms with E-state index in [1.54, 1.807) is 25.1 Å². The molecule has 9 nitrogen and oxygen atoms in total. The molecule has 5 rings (SSSR count). The molecule has 2 atom stereocenters. The lowest BCUT2D eigenvalue weighted by Gasteiger charge is -2.39. The molecule has 184 valence electrons. The third-order valence-electron chi connectivity index (χ3n) is 6.34. The third kappa shape index (κ3) is 5.06. The number of carbonyl (C=O) groups is 2. The summed E-state index contributed by atoms with van der Waals surface area (Å²) in [5.41, 5.74) is 1.86. The van der Waals surface area contributed by atoms with Crippen LogP contribution in [0.1, 0.15) is 24.1 Å². The van der Waals surface area contributed by atoms with Crippen molar-refractivity contribution >= 4 is 29.4 Å². The van der Waals surface area contributed by atoms with E-state index < -0.39 is 23.8 Å². The SMILES string of the molecule is CCOC(=O)C1C(=O)NC(N2CCN(Cc3ccc4c(c3)OCO4)CC2)=NC1c1cccc(Cl)c1. The van der Waals surface area contributed by atoms with Crippen LogP contribution in [0.3, 0.4) is 0 Å². The number of nitrogens with zero attached hydrogens (tertiary/aromatic N) is 3. The van der Waals surface area contributed by atoms with Crippen LogP contribution in [-0.4, -0.2) is 67.2 Å². The first-order valence-electron chi connectivity index (χ1n) is 11.7. The zero-order valence-corrected chi connectivity index (χ0v) is 20.2. The molecule has 0 aromatic heterocycles. The summed E-state index contributed by atoms with van der Waals surface area (Å²) in [6, 6.07) is 12.4. The maximum Gasteiger partial charge on any atom is 0.321 e. The highest BCUT2D eigenvalue weighted by Crippen LogP contribution is 2.34. The zero-order valence-electron chi connectivity index (χ0n) is 19.4. The van der Waals surface area contributed by atoms with Gasteiger partial charge in [-0.15, -0.1) is 0 Å². The number of hydrogen-bond acceptors (Lipinski definition) is 8. The van der Waals surface area contributed by atoms with Crippen LogP contribution < -0.4 is 14.8 Å². The largest absolute Gasteiger partial charge is 0.465 e. The van der Waals surface area contributed by atoms with Crippen molar-refractivity contribution in [3.63, 3.8) is 0 Å². The van der Waals surface area contributed by atoms with Crippen molar-refractivity contribution < 1.29 is 23.8 Å². The molecule has 0 saturated carbocycles. The second kappa shape index (κ2) is 10.1. The minimum Gasteiger partial charge on any atom is -0.465 e. The molecule has 10 heteroatoms. The Kier molecular flexibility index (Phi) is 6.79. The van der Waals surface area contributed by atoms with Crippen molar-refractivity contribution in [3.8, 4) is 11.5 Å². The van der Waals surface area contributed by atoms with Crippen LogP contribution in [0.25, 0.3) is 0 Å². The molecule has 3 heterocycles. The number of nitrogens with one attached hydrogen (secondary N) is 1. The summed E-state index contributed by atoms with van der Waals surface area (Å²) in [7, 11) is 0. The van der Waals surface area contributed by atoms with Crippen LogP contribution in [0.5, 0.6) is 11.5 Å². The number of aliphatic imine (C=N–C) groups is 1. The third-order valence-corrected chi connectivity index (χ3v) is 6.58. The number of guanidine groups is 1. The summed E-state index contributed by atoms with van der Waals surface area (Å²) in [4.78, 5) is 34.9. The van der Waals surface area contributed by atoms with Crippen LogP contribution in [-0.2, 0) is 20.9 Å². The fourth-order valence-corrected chi connectivity index (χ4v) is 4.77. The monoisotopic (exact) mass is 498 g/mol. The standard InChI is InChI=1S/C25H27ClN4O5/c1-2-33-24(32)21-22(17-4-3-5-18(26)13-17)27-25(28-23(21)31)30-10-8-29(9-11-30)14-16-6-7-19-20(12-16)35-15-34-19/h3-7,12-13,21-22H,2,8-11,14-15H2,1H3,(H,27,28,31). The van der Waals surface area contributed by atoms with Crippen LogP contribution in [0.4, 0.5) is 0 Å². The normalized spacial score (nSPS) is 21.9. The Morgan fingerprint density at radius 2 is 1.94 bits per heavy atom. The van der Waals surface area contributed by atoms with Gasteiger partial charge in [-0.3, -0.25) is 19.8 Å². The molecule has 2 aromatic carbocycles. The summed E-state index contributed by atoms with van der Waals surface area (Å²) in [5, 5.41) is 3.36. The van der Waals surface area contributed by atoms with Crippen LogP contribution >= 0.6 is 11.6 Å². The number of benzene rings is 2. The van der Waals surface area contributed by atoms with Gasteiger partial charge in [0.25, 0.3) is 0 Å². The molecule has 1 amide bonds. The van der Waals surface area contributed by atoms with Crippen molar-refractivity contribution in [3.05, 3.63) is 58.6 Å². The summed E-state index contributed by atoms with van der Waals surface area (Å²) < 4.78 is 16.0. The second-order valence-corrected chi connectivity index (χ2v) is 9.06. The minimum atomic E-state index is -1.07. The first kappa shape index (κ1) is 23.4. The van der Waals surface area contributed by atoms with Gasteiger partial charge in [-0.2, -0.15) is 0 Å². The average Bonchev–Trinajstić information content (AvgIpc) is 3.32. The molecule has 1 fully saturated rings. The number of amides is 1. The van der Waals surface area contributed by atoms with Gasteiger partial charge in [0, 0.05) is 37.7 Å². The van der Waals surface area contributed by atoms with Crippen LogP contribution in [0.2, 0.25) is 5.02 Å². The lowest BCUT2D eigenvalue weighted by Crippen LogP contribution is -2.57.